The third-order valence-corrected chi connectivity index (χ3v) is 7.15. The zero-order valence-electron chi connectivity index (χ0n) is 19.6. The molecule has 13 heteroatoms. The lowest BCUT2D eigenvalue weighted by atomic mass is 9.58. The number of benzene rings is 1. The lowest BCUT2D eigenvalue weighted by Crippen LogP contribution is -2.64. The van der Waals surface area contributed by atoms with Crippen LogP contribution >= 0.6 is 11.6 Å². The number of allylic oxidation sites excluding steroid dienone is 1. The Morgan fingerprint density at radius 3 is 2.54 bits per heavy atom. The van der Waals surface area contributed by atoms with E-state index in [0.717, 1.165) is 7.11 Å². The summed E-state index contributed by atoms with van der Waals surface area (Å²) in [5.74, 6) is -8.40. The Labute approximate surface area is 215 Å². The van der Waals surface area contributed by atoms with Gasteiger partial charge in [-0.2, -0.15) is 0 Å². The first kappa shape index (κ1) is 26.2. The highest BCUT2D eigenvalue weighted by atomic mass is 35.5. The van der Waals surface area contributed by atoms with E-state index in [2.05, 4.69) is 10.5 Å². The van der Waals surface area contributed by atoms with Crippen LogP contribution in [-0.2, 0) is 30.4 Å². The summed E-state index contributed by atoms with van der Waals surface area (Å²) in [6.45, 7) is 0. The maximum Gasteiger partial charge on any atom is 0.256 e. The summed E-state index contributed by atoms with van der Waals surface area (Å²) in [6, 6.07) is 2.67. The van der Waals surface area contributed by atoms with Gasteiger partial charge in [-0.1, -0.05) is 5.16 Å². The van der Waals surface area contributed by atoms with Crippen LogP contribution in [-0.4, -0.2) is 68.1 Å². The highest BCUT2D eigenvalue weighted by molar-refractivity contribution is 6.38. The number of Topliss-reactive ketones (excluding diaryl/α,β-unsaturated/α-hetero) is 2. The summed E-state index contributed by atoms with van der Waals surface area (Å²) in [6.07, 6.45) is 0.380. The first-order valence-electron chi connectivity index (χ1n) is 11.3. The maximum absolute atomic E-state index is 13.7. The molecule has 1 aromatic carbocycles. The molecular formula is C24H24ClN3O9. The Balaban J connectivity index is 1.87. The van der Waals surface area contributed by atoms with Crippen molar-refractivity contribution < 1.29 is 44.4 Å². The second-order valence-electron chi connectivity index (χ2n) is 8.95. The third-order valence-electron chi connectivity index (χ3n) is 6.89. The molecule has 196 valence electrons. The van der Waals surface area contributed by atoms with Crippen molar-refractivity contribution in [3.05, 3.63) is 40.2 Å². The number of carbonyl (C=O) groups is 4. The predicted molar refractivity (Wildman–Crippen MR) is 130 cm³/mol. The number of anilines is 1. The number of nitrogens with two attached hydrogens (primary N) is 1. The highest BCUT2D eigenvalue weighted by Crippen LogP contribution is 2.51. The van der Waals surface area contributed by atoms with Gasteiger partial charge in [-0.15, -0.1) is 11.6 Å². The molecule has 3 aliphatic carbocycles. The minimum absolute atomic E-state index is 0.00811. The monoisotopic (exact) mass is 533 g/mol. The molecule has 1 saturated carbocycles. The number of aromatic hydroxyl groups is 1. The smallest absolute Gasteiger partial charge is 0.256 e. The molecule has 0 aromatic heterocycles. The normalized spacial score (nSPS) is 26.0. The topological polar surface area (TPSA) is 209 Å². The van der Waals surface area contributed by atoms with Crippen molar-refractivity contribution in [3.8, 4) is 5.75 Å². The summed E-state index contributed by atoms with van der Waals surface area (Å²) in [4.78, 5) is 55.8. The Kier molecular flexibility index (Phi) is 6.74. The number of nitrogens with zero attached hydrogens (tertiary/aromatic N) is 1. The van der Waals surface area contributed by atoms with Crippen molar-refractivity contribution >= 4 is 52.1 Å². The number of hydrogen-bond donors (Lipinski definition) is 6. The van der Waals surface area contributed by atoms with Crippen LogP contribution < -0.4 is 11.1 Å². The van der Waals surface area contributed by atoms with Crippen molar-refractivity contribution in [2.24, 2.45) is 22.7 Å². The fourth-order valence-electron chi connectivity index (χ4n) is 5.25. The summed E-state index contributed by atoms with van der Waals surface area (Å²) >= 11 is 5.65. The van der Waals surface area contributed by atoms with Gasteiger partial charge in [0.05, 0.1) is 11.5 Å². The molecule has 0 saturated heterocycles. The molecule has 0 radical (unpaired) electrons. The second-order valence-corrected chi connectivity index (χ2v) is 9.33. The minimum atomic E-state index is -2.92. The van der Waals surface area contributed by atoms with E-state index in [9.17, 15) is 39.6 Å². The van der Waals surface area contributed by atoms with Gasteiger partial charge < -0.3 is 36.3 Å². The number of primary amides is 1. The molecule has 4 rings (SSSR count). The molecule has 37 heavy (non-hydrogen) atoms. The van der Waals surface area contributed by atoms with Crippen LogP contribution in [0.2, 0.25) is 0 Å². The molecule has 7 N–H and O–H groups in total. The number of aliphatic hydroxyl groups excluding tert-OH is 2. The number of fused-ring (bicyclic) bond motifs is 3. The quantitative estimate of drug-likeness (QED) is 0.101. The molecule has 0 spiro atoms. The number of rotatable bonds is 6. The van der Waals surface area contributed by atoms with Gasteiger partial charge in [-0.3, -0.25) is 19.2 Å². The fourth-order valence-corrected chi connectivity index (χ4v) is 5.39. The number of aliphatic hydroxyl groups is 3. The van der Waals surface area contributed by atoms with Gasteiger partial charge >= 0.3 is 0 Å². The van der Waals surface area contributed by atoms with E-state index in [1.165, 1.54) is 12.1 Å². The first-order chi connectivity index (χ1) is 17.5. The minimum Gasteiger partial charge on any atom is -0.507 e. The standard InChI is InChI=1S/C24H24ClN3O9/c1-37-28-18-11-8-9-7-10-12(27-14(30)3-2-6-25)4-5-13(29)16(10)19(31)15(9)21(33)24(11,36)22(34)17(20(18)32)23(26)35/h4-5,9,11,29,31-32,36H,2-3,6-8H2,1H3,(H2,26,35)(H,27,30)/b28-18-/t9-,11-,24-/m0/s1. The average Bonchev–Trinajstić information content (AvgIpc) is 2.84. The van der Waals surface area contributed by atoms with Gasteiger partial charge in [-0.05, 0) is 42.9 Å². The van der Waals surface area contributed by atoms with E-state index < -0.39 is 63.5 Å². The van der Waals surface area contributed by atoms with Gasteiger partial charge in [0.2, 0.25) is 17.5 Å². The van der Waals surface area contributed by atoms with E-state index in [1.54, 1.807) is 0 Å². The first-order valence-corrected chi connectivity index (χ1v) is 11.8. The molecule has 0 aliphatic heterocycles. The summed E-state index contributed by atoms with van der Waals surface area (Å²) in [5.41, 5.74) is 0.983. The Hall–Kier alpha value is -3.90. The molecule has 0 bridgehead atoms. The van der Waals surface area contributed by atoms with Crippen LogP contribution in [0.4, 0.5) is 5.69 Å². The Morgan fingerprint density at radius 1 is 1.22 bits per heavy atom. The maximum atomic E-state index is 13.7. The number of phenols is 1. The zero-order valence-corrected chi connectivity index (χ0v) is 20.3. The van der Waals surface area contributed by atoms with Crippen LogP contribution in [0.3, 0.4) is 0 Å². The number of nitrogens with one attached hydrogen (secondary N) is 1. The molecule has 0 heterocycles. The largest absolute Gasteiger partial charge is 0.507 e. The van der Waals surface area contributed by atoms with Crippen molar-refractivity contribution in [3.63, 3.8) is 0 Å². The van der Waals surface area contributed by atoms with Crippen LogP contribution in [0.15, 0.2) is 34.2 Å². The van der Waals surface area contributed by atoms with Crippen molar-refractivity contribution in [1.29, 1.82) is 0 Å². The van der Waals surface area contributed by atoms with E-state index in [-0.39, 0.29) is 47.9 Å². The second kappa shape index (κ2) is 9.52. The van der Waals surface area contributed by atoms with Gasteiger partial charge in [0.25, 0.3) is 5.91 Å². The zero-order chi connectivity index (χ0) is 27.2. The van der Waals surface area contributed by atoms with Crippen molar-refractivity contribution in [2.75, 3.05) is 18.3 Å². The number of carbonyl (C=O) groups excluding carboxylic acids is 4. The highest BCUT2D eigenvalue weighted by Gasteiger charge is 2.64. The number of hydrogen-bond acceptors (Lipinski definition) is 10. The van der Waals surface area contributed by atoms with E-state index in [0.29, 0.717) is 12.0 Å². The Morgan fingerprint density at radius 2 is 1.92 bits per heavy atom. The fraction of sp³-hybridized carbons (Fsp3) is 0.375. The Bertz CT molecular complexity index is 1330. The molecule has 2 amide bonds. The van der Waals surface area contributed by atoms with E-state index in [1.807, 2.05) is 0 Å². The van der Waals surface area contributed by atoms with Gasteiger partial charge in [-0.25, -0.2) is 0 Å². The SMILES string of the molecule is CO/N=C1\C(O)=C(C(N)=O)C(=O)[C@@]2(O)C(=O)C3=C(O)c4c(O)ccc(NC(=O)CCCCl)c4C[C@H]3C[C@@H]12. The van der Waals surface area contributed by atoms with Crippen LogP contribution in [0, 0.1) is 11.8 Å². The van der Waals surface area contributed by atoms with Crippen LogP contribution in [0.25, 0.3) is 5.76 Å². The summed E-state index contributed by atoms with van der Waals surface area (Å²) in [5, 5.41) is 50.0. The van der Waals surface area contributed by atoms with Crippen LogP contribution in [0.1, 0.15) is 30.4 Å². The number of amides is 2. The molecule has 3 atom stereocenters. The van der Waals surface area contributed by atoms with Gasteiger partial charge in [0.1, 0.15) is 29.9 Å². The molecule has 0 unspecified atom stereocenters. The summed E-state index contributed by atoms with van der Waals surface area (Å²) in [7, 11) is 1.13. The lowest BCUT2D eigenvalue weighted by molar-refractivity contribution is -0.153. The number of ketones is 2. The third kappa shape index (κ3) is 3.92. The number of halogens is 1. The van der Waals surface area contributed by atoms with Crippen molar-refractivity contribution in [1.82, 2.24) is 0 Å². The van der Waals surface area contributed by atoms with Gasteiger partial charge in [0.15, 0.2) is 11.4 Å². The average molecular weight is 534 g/mol. The number of phenolic OH excluding ortho intramolecular Hbond substituents is 1. The number of oxime groups is 1. The lowest BCUT2D eigenvalue weighted by Gasteiger charge is -2.45. The summed E-state index contributed by atoms with van der Waals surface area (Å²) < 4.78 is 0. The van der Waals surface area contributed by atoms with E-state index in [4.69, 9.17) is 22.2 Å². The molecule has 12 nitrogen and oxygen atoms in total. The molecular weight excluding hydrogens is 510 g/mol. The number of alkyl halides is 1. The predicted octanol–water partition coefficient (Wildman–Crippen LogP) is 0.994. The van der Waals surface area contributed by atoms with Gasteiger partial charge in [0, 0.05) is 23.6 Å². The molecule has 1 aromatic rings. The van der Waals surface area contributed by atoms with Crippen LogP contribution in [0.5, 0.6) is 5.75 Å². The molecule has 3 aliphatic rings. The molecule has 1 fully saturated rings. The van der Waals surface area contributed by atoms with Crippen molar-refractivity contribution in [2.45, 2.75) is 31.3 Å². The van der Waals surface area contributed by atoms with E-state index >= 15 is 0 Å².